The average Bonchev–Trinajstić information content (AvgIpc) is 2.26. The molecule has 20 heavy (non-hydrogen) atoms. The molecule has 0 saturated carbocycles. The summed E-state index contributed by atoms with van der Waals surface area (Å²) in [5.74, 6) is 0. The van der Waals surface area contributed by atoms with Crippen LogP contribution in [0.2, 0.25) is 0 Å². The van der Waals surface area contributed by atoms with E-state index >= 15 is 0 Å². The zero-order valence-electron chi connectivity index (χ0n) is 11.8. The van der Waals surface area contributed by atoms with Gasteiger partial charge in [0.25, 0.3) is 0 Å². The number of carbonyl (C=O) groups excluding carboxylic acids is 1. The summed E-state index contributed by atoms with van der Waals surface area (Å²) in [7, 11) is 0. The molecule has 5 heteroatoms. The third kappa shape index (κ3) is 7.70. The molecule has 1 atom stereocenters. The van der Waals surface area contributed by atoms with Crippen LogP contribution < -0.4 is 5.32 Å². The molecule has 1 N–H and O–H groups in total. The summed E-state index contributed by atoms with van der Waals surface area (Å²) in [4.78, 5) is 11.8. The third-order valence-electron chi connectivity index (χ3n) is 2.33. The molecule has 0 saturated heterocycles. The maximum Gasteiger partial charge on any atom is 0.408 e. The van der Waals surface area contributed by atoms with Gasteiger partial charge in [0.2, 0.25) is 0 Å². The molecular formula is C15H19Br2NO2. The Kier molecular flexibility index (Phi) is 6.76. The van der Waals surface area contributed by atoms with Crippen molar-refractivity contribution in [3.05, 3.63) is 45.4 Å². The lowest BCUT2D eigenvalue weighted by Gasteiger charge is -2.22. The molecule has 0 aliphatic heterocycles. The standard InChI is InChI=1S/C15H19Br2NO2/c1-15(2,3)20-14(19)18-12(10-13(16)17)9-11-7-5-4-6-8-11/h4-8,10,12H,9H2,1-3H3,(H,18,19). The fourth-order valence-electron chi connectivity index (χ4n) is 1.63. The quantitative estimate of drug-likeness (QED) is 0.785. The summed E-state index contributed by atoms with van der Waals surface area (Å²) in [6.07, 6.45) is 2.16. The Hall–Kier alpha value is -0.810. The van der Waals surface area contributed by atoms with E-state index in [0.717, 1.165) is 8.96 Å². The van der Waals surface area contributed by atoms with Crippen molar-refractivity contribution in [3.8, 4) is 0 Å². The molecule has 1 aromatic rings. The lowest BCUT2D eigenvalue weighted by Crippen LogP contribution is -2.39. The highest BCUT2D eigenvalue weighted by atomic mass is 79.9. The number of nitrogens with one attached hydrogen (secondary N) is 1. The van der Waals surface area contributed by atoms with Crippen molar-refractivity contribution in [1.29, 1.82) is 0 Å². The molecule has 110 valence electrons. The van der Waals surface area contributed by atoms with Gasteiger partial charge < -0.3 is 10.1 Å². The molecule has 1 amide bonds. The van der Waals surface area contributed by atoms with E-state index in [2.05, 4.69) is 37.2 Å². The van der Waals surface area contributed by atoms with Crippen molar-refractivity contribution in [3.63, 3.8) is 0 Å². The second-order valence-corrected chi connectivity index (χ2v) is 8.17. The van der Waals surface area contributed by atoms with Crippen LogP contribution in [0.4, 0.5) is 4.79 Å². The van der Waals surface area contributed by atoms with Crippen LogP contribution in [0.3, 0.4) is 0 Å². The van der Waals surface area contributed by atoms with Crippen molar-refractivity contribution in [2.24, 2.45) is 0 Å². The van der Waals surface area contributed by atoms with E-state index in [-0.39, 0.29) is 6.04 Å². The maximum absolute atomic E-state index is 11.8. The zero-order chi connectivity index (χ0) is 15.2. The van der Waals surface area contributed by atoms with Crippen molar-refractivity contribution >= 4 is 38.0 Å². The van der Waals surface area contributed by atoms with Crippen molar-refractivity contribution in [1.82, 2.24) is 5.32 Å². The van der Waals surface area contributed by atoms with Crippen molar-refractivity contribution < 1.29 is 9.53 Å². The molecule has 0 aliphatic rings. The number of benzene rings is 1. The number of hydrogen-bond donors (Lipinski definition) is 1. The minimum Gasteiger partial charge on any atom is -0.444 e. The summed E-state index contributed by atoms with van der Waals surface area (Å²) in [6, 6.07) is 9.83. The Balaban J connectivity index is 2.71. The first-order valence-corrected chi connectivity index (χ1v) is 7.91. The van der Waals surface area contributed by atoms with Gasteiger partial charge in [0.1, 0.15) is 5.60 Å². The first-order chi connectivity index (χ1) is 9.26. The van der Waals surface area contributed by atoms with Gasteiger partial charge >= 0.3 is 6.09 Å². The Morgan fingerprint density at radius 3 is 2.40 bits per heavy atom. The summed E-state index contributed by atoms with van der Waals surface area (Å²) in [5, 5.41) is 2.86. The summed E-state index contributed by atoms with van der Waals surface area (Å²) < 4.78 is 6.07. The minimum absolute atomic E-state index is 0.152. The number of hydrogen-bond acceptors (Lipinski definition) is 2. The first kappa shape index (κ1) is 17.2. The zero-order valence-corrected chi connectivity index (χ0v) is 15.0. The summed E-state index contributed by atoms with van der Waals surface area (Å²) in [5.41, 5.74) is 0.641. The minimum atomic E-state index is -0.503. The molecule has 3 nitrogen and oxygen atoms in total. The van der Waals surface area contributed by atoms with E-state index in [9.17, 15) is 4.79 Å². The molecule has 0 aromatic heterocycles. The molecule has 0 radical (unpaired) electrons. The van der Waals surface area contributed by atoms with E-state index in [1.807, 2.05) is 57.2 Å². The van der Waals surface area contributed by atoms with Gasteiger partial charge in [0, 0.05) is 0 Å². The smallest absolute Gasteiger partial charge is 0.408 e. The predicted molar refractivity (Wildman–Crippen MR) is 89.2 cm³/mol. The van der Waals surface area contributed by atoms with Gasteiger partial charge in [-0.2, -0.15) is 0 Å². The molecule has 0 heterocycles. The SMILES string of the molecule is CC(C)(C)OC(=O)NC(C=C(Br)Br)Cc1ccccc1. The summed E-state index contributed by atoms with van der Waals surface area (Å²) in [6.45, 7) is 5.53. The van der Waals surface area contributed by atoms with E-state index in [1.54, 1.807) is 0 Å². The van der Waals surface area contributed by atoms with Crippen LogP contribution in [0.15, 0.2) is 39.8 Å². The number of ether oxygens (including phenoxy) is 1. The summed E-state index contributed by atoms with van der Waals surface area (Å²) >= 11 is 6.65. The van der Waals surface area contributed by atoms with Gasteiger partial charge in [-0.25, -0.2) is 4.79 Å². The van der Waals surface area contributed by atoms with Crippen molar-refractivity contribution in [2.45, 2.75) is 38.8 Å². The van der Waals surface area contributed by atoms with E-state index in [4.69, 9.17) is 4.74 Å². The van der Waals surface area contributed by atoms with Crippen LogP contribution >= 0.6 is 31.9 Å². The molecular weight excluding hydrogens is 386 g/mol. The van der Waals surface area contributed by atoms with Crippen molar-refractivity contribution in [2.75, 3.05) is 0 Å². The molecule has 1 unspecified atom stereocenters. The predicted octanol–water partition coefficient (Wildman–Crippen LogP) is 4.75. The first-order valence-electron chi connectivity index (χ1n) is 6.32. The maximum atomic E-state index is 11.8. The second-order valence-electron chi connectivity index (χ2n) is 5.40. The average molecular weight is 405 g/mol. The highest BCUT2D eigenvalue weighted by Gasteiger charge is 2.18. The fourth-order valence-corrected chi connectivity index (χ4v) is 2.27. The Morgan fingerprint density at radius 1 is 1.30 bits per heavy atom. The molecule has 1 aromatic carbocycles. The van der Waals surface area contributed by atoms with Gasteiger partial charge in [0.05, 0.1) is 9.43 Å². The highest BCUT2D eigenvalue weighted by Crippen LogP contribution is 2.16. The van der Waals surface area contributed by atoms with Crippen LogP contribution in [-0.4, -0.2) is 17.7 Å². The molecule has 0 bridgehead atoms. The Morgan fingerprint density at radius 2 is 1.90 bits per heavy atom. The molecule has 0 spiro atoms. The molecule has 1 rings (SSSR count). The van der Waals surface area contributed by atoms with Gasteiger partial charge in [0.15, 0.2) is 0 Å². The molecule has 0 aliphatic carbocycles. The number of halogens is 2. The van der Waals surface area contributed by atoms with Gasteiger partial charge in [-0.15, -0.1) is 0 Å². The Labute approximate surface area is 137 Å². The third-order valence-corrected chi connectivity index (χ3v) is 2.86. The topological polar surface area (TPSA) is 38.3 Å². The van der Waals surface area contributed by atoms with Crippen LogP contribution in [0.1, 0.15) is 26.3 Å². The van der Waals surface area contributed by atoms with Crippen LogP contribution in [0.5, 0.6) is 0 Å². The normalized spacial score (nSPS) is 12.4. The number of carbonyl (C=O) groups is 1. The monoisotopic (exact) mass is 403 g/mol. The van der Waals surface area contributed by atoms with Crippen LogP contribution in [0.25, 0.3) is 0 Å². The highest BCUT2D eigenvalue weighted by molar-refractivity contribution is 9.28. The van der Waals surface area contributed by atoms with Gasteiger partial charge in [-0.05, 0) is 70.7 Å². The lowest BCUT2D eigenvalue weighted by molar-refractivity contribution is 0.0514. The second kappa shape index (κ2) is 7.84. The fraction of sp³-hybridized carbons (Fsp3) is 0.400. The van der Waals surface area contributed by atoms with Gasteiger partial charge in [-0.3, -0.25) is 0 Å². The van der Waals surface area contributed by atoms with Crippen LogP contribution in [-0.2, 0) is 11.2 Å². The van der Waals surface area contributed by atoms with E-state index < -0.39 is 11.7 Å². The largest absolute Gasteiger partial charge is 0.444 e. The van der Waals surface area contributed by atoms with Gasteiger partial charge in [-0.1, -0.05) is 30.3 Å². The van der Waals surface area contributed by atoms with E-state index in [0.29, 0.717) is 6.42 Å². The Bertz CT molecular complexity index is 463. The molecule has 0 fully saturated rings. The number of amides is 1. The van der Waals surface area contributed by atoms with E-state index in [1.165, 1.54) is 0 Å². The lowest BCUT2D eigenvalue weighted by atomic mass is 10.1. The van der Waals surface area contributed by atoms with Crippen LogP contribution in [0, 0.1) is 0 Å². The number of alkyl carbamates (subject to hydrolysis) is 1. The number of rotatable bonds is 4.